The highest BCUT2D eigenvalue weighted by molar-refractivity contribution is 7.98. The van der Waals surface area contributed by atoms with Crippen LogP contribution in [0.5, 0.6) is 5.75 Å². The molecule has 0 unspecified atom stereocenters. The van der Waals surface area contributed by atoms with Gasteiger partial charge in [-0.25, -0.2) is 0 Å². The van der Waals surface area contributed by atoms with Crippen molar-refractivity contribution in [2.45, 2.75) is 44.6 Å². The minimum atomic E-state index is 0.440. The molecular formula is C30H36N4OS. The van der Waals surface area contributed by atoms with Crippen molar-refractivity contribution in [2.75, 3.05) is 31.6 Å². The lowest BCUT2D eigenvalue weighted by atomic mass is 10.0. The van der Waals surface area contributed by atoms with Crippen LogP contribution in [0.3, 0.4) is 0 Å². The van der Waals surface area contributed by atoms with Gasteiger partial charge in [0, 0.05) is 21.2 Å². The number of ether oxygens (including phenoxy) is 1. The highest BCUT2D eigenvalue weighted by Crippen LogP contribution is 2.37. The fraction of sp³-hybridized carbons (Fsp3) is 0.333. The second kappa shape index (κ2) is 12.7. The first-order valence-corrected chi connectivity index (χ1v) is 13.9. The van der Waals surface area contributed by atoms with Crippen LogP contribution in [0.1, 0.15) is 37.3 Å². The number of thioether (sulfide) groups is 1. The predicted octanol–water partition coefficient (Wildman–Crippen LogP) is 6.98. The van der Waals surface area contributed by atoms with Gasteiger partial charge in [0.15, 0.2) is 5.82 Å². The number of fused-ring (bicyclic) bond motifs is 1. The summed E-state index contributed by atoms with van der Waals surface area (Å²) in [5, 5.41) is 10.5. The molecule has 5 nitrogen and oxygen atoms in total. The normalized spacial score (nSPS) is 13.8. The van der Waals surface area contributed by atoms with Crippen molar-refractivity contribution in [1.29, 1.82) is 0 Å². The Balaban J connectivity index is 0.000000325. The van der Waals surface area contributed by atoms with E-state index in [0.717, 1.165) is 43.8 Å². The van der Waals surface area contributed by atoms with E-state index in [-0.39, 0.29) is 0 Å². The summed E-state index contributed by atoms with van der Waals surface area (Å²) >= 11 is 1.68. The highest BCUT2D eigenvalue weighted by atomic mass is 32.2. The van der Waals surface area contributed by atoms with Gasteiger partial charge in [0.2, 0.25) is 0 Å². The summed E-state index contributed by atoms with van der Waals surface area (Å²) in [7, 11) is 0. The van der Waals surface area contributed by atoms with E-state index in [1.807, 2.05) is 37.3 Å². The fourth-order valence-corrected chi connectivity index (χ4v) is 4.87. The Morgan fingerprint density at radius 2 is 1.69 bits per heavy atom. The molecule has 0 amide bonds. The number of rotatable bonds is 6. The van der Waals surface area contributed by atoms with Gasteiger partial charge >= 0.3 is 0 Å². The number of hydrogen-bond donors (Lipinski definition) is 1. The highest BCUT2D eigenvalue weighted by Gasteiger charge is 2.15. The topological polar surface area (TPSA) is 64.3 Å². The summed E-state index contributed by atoms with van der Waals surface area (Å²) in [6.07, 6.45) is 6.36. The zero-order valence-electron chi connectivity index (χ0n) is 21.5. The summed E-state index contributed by atoms with van der Waals surface area (Å²) in [6.45, 7) is 8.71. The number of nitrogens with zero attached hydrogens (tertiary/aromatic N) is 3. The Bertz CT molecular complexity index is 1270. The number of nitrogens with two attached hydrogens (primary N) is 1. The van der Waals surface area contributed by atoms with Gasteiger partial charge in [-0.15, -0.1) is 22.0 Å². The molecule has 2 N–H and O–H groups in total. The number of hydrogen-bond acceptors (Lipinski definition) is 6. The van der Waals surface area contributed by atoms with E-state index in [9.17, 15) is 0 Å². The Morgan fingerprint density at radius 1 is 0.917 bits per heavy atom. The third-order valence-electron chi connectivity index (χ3n) is 6.54. The van der Waals surface area contributed by atoms with Gasteiger partial charge in [0.25, 0.3) is 0 Å². The molecule has 36 heavy (non-hydrogen) atoms. The smallest absolute Gasteiger partial charge is 0.154 e. The van der Waals surface area contributed by atoms with E-state index in [0.29, 0.717) is 12.4 Å². The summed E-state index contributed by atoms with van der Waals surface area (Å²) in [5.74, 6) is 1.23. The van der Waals surface area contributed by atoms with Gasteiger partial charge in [-0.1, -0.05) is 61.4 Å². The largest absolute Gasteiger partial charge is 0.488 e. The SMILES string of the molecule is CCN1CCCCC1.CSc1ccc(-c2nnc(N)c3cc(C)ccc23)c(OCc2ccccc2)c1. The average molecular weight is 501 g/mol. The number of likely N-dealkylation sites (tertiary alicyclic amines) is 1. The molecule has 5 rings (SSSR count). The number of nitrogen functional groups attached to an aromatic ring is 1. The van der Waals surface area contributed by atoms with E-state index < -0.39 is 0 Å². The summed E-state index contributed by atoms with van der Waals surface area (Å²) in [5.41, 5.74) is 10.0. The molecule has 0 radical (unpaired) electrons. The molecule has 0 spiro atoms. The maximum atomic E-state index is 6.21. The van der Waals surface area contributed by atoms with Crippen LogP contribution in [0, 0.1) is 6.92 Å². The lowest BCUT2D eigenvalue weighted by molar-refractivity contribution is 0.240. The van der Waals surface area contributed by atoms with Crippen LogP contribution < -0.4 is 10.5 Å². The third-order valence-corrected chi connectivity index (χ3v) is 7.27. The lowest BCUT2D eigenvalue weighted by Crippen LogP contribution is -2.29. The van der Waals surface area contributed by atoms with Gasteiger partial charge in [-0.05, 0) is 75.5 Å². The van der Waals surface area contributed by atoms with Crippen LogP contribution in [0.25, 0.3) is 22.0 Å². The number of aryl methyl sites for hydroxylation is 1. The predicted molar refractivity (Wildman–Crippen MR) is 153 cm³/mol. The molecule has 1 aliphatic rings. The first-order chi connectivity index (χ1) is 17.6. The van der Waals surface area contributed by atoms with Crippen molar-refractivity contribution in [2.24, 2.45) is 0 Å². The third kappa shape index (κ3) is 6.56. The molecule has 0 atom stereocenters. The number of aromatic nitrogens is 2. The van der Waals surface area contributed by atoms with E-state index in [2.05, 4.69) is 64.7 Å². The second-order valence-electron chi connectivity index (χ2n) is 9.11. The van der Waals surface area contributed by atoms with Gasteiger partial charge in [0.1, 0.15) is 18.1 Å². The average Bonchev–Trinajstić information content (AvgIpc) is 2.94. The van der Waals surface area contributed by atoms with E-state index in [4.69, 9.17) is 10.5 Å². The molecule has 1 aliphatic heterocycles. The maximum absolute atomic E-state index is 6.21. The second-order valence-corrected chi connectivity index (χ2v) is 9.99. The van der Waals surface area contributed by atoms with Crippen molar-refractivity contribution in [3.8, 4) is 17.0 Å². The maximum Gasteiger partial charge on any atom is 0.154 e. The van der Waals surface area contributed by atoms with Gasteiger partial charge in [-0.3, -0.25) is 0 Å². The summed E-state index contributed by atoms with van der Waals surface area (Å²) in [4.78, 5) is 3.65. The van der Waals surface area contributed by atoms with Gasteiger partial charge in [0.05, 0.1) is 0 Å². The Morgan fingerprint density at radius 3 is 2.39 bits per heavy atom. The molecule has 1 aromatic heterocycles. The zero-order valence-corrected chi connectivity index (χ0v) is 22.4. The van der Waals surface area contributed by atoms with Crippen LogP contribution in [0.4, 0.5) is 5.82 Å². The quantitative estimate of drug-likeness (QED) is 0.288. The molecule has 1 saturated heterocycles. The standard InChI is InChI=1S/C23H21N3OS.C7H15N/c1-15-8-10-18-20(12-15)23(24)26-25-22(18)19-11-9-17(28-2)13-21(19)27-14-16-6-4-3-5-7-16;1-2-8-6-4-3-5-7-8/h3-13H,14H2,1-2H3,(H2,24,26);2-7H2,1H3. The van der Waals surface area contributed by atoms with Crippen LogP contribution in [-0.2, 0) is 6.61 Å². The molecule has 4 aromatic rings. The fourth-order valence-electron chi connectivity index (χ4n) is 4.44. The minimum absolute atomic E-state index is 0.440. The molecule has 2 heterocycles. The van der Waals surface area contributed by atoms with Crippen molar-refractivity contribution in [1.82, 2.24) is 15.1 Å². The summed E-state index contributed by atoms with van der Waals surface area (Å²) in [6, 6.07) is 22.5. The Labute approximate surface area is 219 Å². The molecule has 6 heteroatoms. The summed E-state index contributed by atoms with van der Waals surface area (Å²) < 4.78 is 6.21. The molecular weight excluding hydrogens is 464 g/mol. The number of benzene rings is 3. The Kier molecular flexibility index (Phi) is 9.20. The molecule has 1 fully saturated rings. The van der Waals surface area contributed by atoms with E-state index in [1.165, 1.54) is 38.9 Å². The van der Waals surface area contributed by atoms with Crippen molar-refractivity contribution in [3.05, 3.63) is 77.9 Å². The number of anilines is 1. The van der Waals surface area contributed by atoms with E-state index >= 15 is 0 Å². The molecule has 0 bridgehead atoms. The van der Waals surface area contributed by atoms with Crippen molar-refractivity contribution in [3.63, 3.8) is 0 Å². The van der Waals surface area contributed by atoms with Crippen LogP contribution in [0.15, 0.2) is 71.6 Å². The van der Waals surface area contributed by atoms with Crippen LogP contribution >= 0.6 is 11.8 Å². The van der Waals surface area contributed by atoms with Gasteiger partial charge in [-0.2, -0.15) is 0 Å². The molecule has 188 valence electrons. The molecule has 0 aliphatic carbocycles. The molecule has 0 saturated carbocycles. The first kappa shape index (κ1) is 26.0. The number of piperidine rings is 1. The van der Waals surface area contributed by atoms with Gasteiger partial charge < -0.3 is 15.4 Å². The van der Waals surface area contributed by atoms with Crippen molar-refractivity contribution < 1.29 is 4.74 Å². The molecule has 3 aromatic carbocycles. The van der Waals surface area contributed by atoms with Crippen molar-refractivity contribution >= 4 is 28.4 Å². The first-order valence-electron chi connectivity index (χ1n) is 12.7. The monoisotopic (exact) mass is 500 g/mol. The van der Waals surface area contributed by atoms with Crippen LogP contribution in [-0.4, -0.2) is 41.0 Å². The minimum Gasteiger partial charge on any atom is -0.488 e. The lowest BCUT2D eigenvalue weighted by Gasteiger charge is -2.24. The van der Waals surface area contributed by atoms with Crippen LogP contribution in [0.2, 0.25) is 0 Å². The van der Waals surface area contributed by atoms with E-state index in [1.54, 1.807) is 11.8 Å². The zero-order chi connectivity index (χ0) is 25.3. The Hall–Kier alpha value is -3.09.